The Morgan fingerprint density at radius 1 is 1.07 bits per heavy atom. The molecule has 1 fully saturated rings. The second-order valence-corrected chi connectivity index (χ2v) is 10.1. The highest BCUT2D eigenvalue weighted by molar-refractivity contribution is 7.89. The normalized spacial score (nSPS) is 27.6. The van der Waals surface area contributed by atoms with Crippen molar-refractivity contribution in [3.05, 3.63) is 33.7 Å². The predicted octanol–water partition coefficient (Wildman–Crippen LogP) is 2.32. The van der Waals surface area contributed by atoms with Gasteiger partial charge in [-0.3, -0.25) is 4.79 Å². The first-order valence-corrected chi connectivity index (χ1v) is 12.4. The van der Waals surface area contributed by atoms with Gasteiger partial charge >= 0.3 is 0 Å². The molecular formula is C21H34N2O5S. The van der Waals surface area contributed by atoms with Gasteiger partial charge in [-0.05, 0) is 65.4 Å². The summed E-state index contributed by atoms with van der Waals surface area (Å²) in [6.45, 7) is 6.49. The van der Waals surface area contributed by atoms with Crippen molar-refractivity contribution in [2.24, 2.45) is 0 Å². The zero-order chi connectivity index (χ0) is 21.0. The van der Waals surface area contributed by atoms with Crippen LogP contribution in [0.2, 0.25) is 0 Å². The Kier molecular flexibility index (Phi) is 7.53. The van der Waals surface area contributed by atoms with E-state index in [2.05, 4.69) is 4.72 Å². The summed E-state index contributed by atoms with van der Waals surface area (Å²) in [6.07, 6.45) is 5.58. The Bertz CT molecular complexity index is 843. The van der Waals surface area contributed by atoms with Gasteiger partial charge in [-0.2, -0.15) is 0 Å². The summed E-state index contributed by atoms with van der Waals surface area (Å²) in [7, 11) is -3.37. The molecule has 0 spiro atoms. The molecule has 1 aliphatic heterocycles. The zero-order valence-electron chi connectivity index (χ0n) is 17.7. The number of hydrogen-bond donors (Lipinski definition) is 1. The second kappa shape index (κ2) is 9.73. The molecule has 1 aromatic heterocycles. The third-order valence-corrected chi connectivity index (χ3v) is 7.56. The molecule has 0 unspecified atom stereocenters. The molecule has 2 atom stereocenters. The largest absolute Gasteiger partial charge is 0.379 e. The molecule has 0 saturated heterocycles. The molecule has 164 valence electrons. The van der Waals surface area contributed by atoms with Gasteiger partial charge in [0.05, 0.1) is 30.6 Å². The summed E-state index contributed by atoms with van der Waals surface area (Å²) in [5.74, 6) is 0.0219. The molecular weight excluding hydrogens is 392 g/mol. The number of rotatable bonds is 8. The average Bonchev–Trinajstić information content (AvgIpc) is 2.71. The molecule has 8 heteroatoms. The number of ether oxygens (including phenoxy) is 2. The lowest BCUT2D eigenvalue weighted by Crippen LogP contribution is -2.50. The summed E-state index contributed by atoms with van der Waals surface area (Å²) >= 11 is 0. The zero-order valence-corrected chi connectivity index (χ0v) is 18.5. The Morgan fingerprint density at radius 2 is 1.72 bits per heavy atom. The first kappa shape index (κ1) is 22.5. The molecule has 0 amide bonds. The predicted molar refractivity (Wildman–Crippen MR) is 113 cm³/mol. The van der Waals surface area contributed by atoms with E-state index in [0.717, 1.165) is 38.0 Å². The fraction of sp³-hybridized carbons (Fsp3) is 0.762. The van der Waals surface area contributed by atoms with Gasteiger partial charge in [0.1, 0.15) is 0 Å². The maximum absolute atomic E-state index is 12.9. The van der Waals surface area contributed by atoms with E-state index < -0.39 is 10.0 Å². The summed E-state index contributed by atoms with van der Waals surface area (Å²) < 4.78 is 41.0. The fourth-order valence-corrected chi connectivity index (χ4v) is 5.32. The number of aromatic nitrogens is 1. The maximum Gasteiger partial charge on any atom is 0.254 e. The highest BCUT2D eigenvalue weighted by Crippen LogP contribution is 2.28. The molecule has 1 aromatic rings. The molecule has 29 heavy (non-hydrogen) atoms. The van der Waals surface area contributed by atoms with E-state index in [-0.39, 0.29) is 29.5 Å². The van der Waals surface area contributed by atoms with Gasteiger partial charge in [0.2, 0.25) is 10.0 Å². The molecule has 2 aliphatic rings. The maximum atomic E-state index is 12.9. The molecule has 0 aromatic carbocycles. The molecule has 1 N–H and O–H groups in total. The van der Waals surface area contributed by atoms with Gasteiger partial charge in [-0.1, -0.05) is 6.07 Å². The average molecular weight is 427 g/mol. The monoisotopic (exact) mass is 426 g/mol. The van der Waals surface area contributed by atoms with E-state index >= 15 is 0 Å². The lowest BCUT2D eigenvalue weighted by atomic mass is 9.94. The van der Waals surface area contributed by atoms with Crippen LogP contribution in [0.25, 0.3) is 0 Å². The van der Waals surface area contributed by atoms with Crippen LogP contribution in [0.3, 0.4) is 0 Å². The van der Waals surface area contributed by atoms with E-state index in [1.54, 1.807) is 18.4 Å². The molecule has 2 heterocycles. The van der Waals surface area contributed by atoms with Crippen LogP contribution in [0.5, 0.6) is 0 Å². The van der Waals surface area contributed by atoms with E-state index in [9.17, 15) is 13.2 Å². The molecule has 7 nitrogen and oxygen atoms in total. The molecule has 3 rings (SSSR count). The van der Waals surface area contributed by atoms with Crippen molar-refractivity contribution in [3.63, 3.8) is 0 Å². The third kappa shape index (κ3) is 5.48. The number of pyridine rings is 1. The van der Waals surface area contributed by atoms with E-state index in [1.165, 1.54) is 0 Å². The number of aryl methyl sites for hydroxylation is 2. The first-order valence-electron chi connectivity index (χ1n) is 10.8. The molecule has 0 radical (unpaired) electrons. The minimum absolute atomic E-state index is 0.0219. The van der Waals surface area contributed by atoms with Gasteiger partial charge < -0.3 is 14.0 Å². The van der Waals surface area contributed by atoms with Crippen LogP contribution in [-0.2, 0) is 25.9 Å². The van der Waals surface area contributed by atoms with Crippen LogP contribution < -0.4 is 10.3 Å². The summed E-state index contributed by atoms with van der Waals surface area (Å²) in [5.41, 5.74) is 1.55. The van der Waals surface area contributed by atoms with Gasteiger partial charge in [0, 0.05) is 23.9 Å². The summed E-state index contributed by atoms with van der Waals surface area (Å²) in [4.78, 5) is 12.9. The van der Waals surface area contributed by atoms with Gasteiger partial charge in [-0.15, -0.1) is 0 Å². The van der Waals surface area contributed by atoms with Crippen molar-refractivity contribution in [1.29, 1.82) is 0 Å². The Labute approximate surface area is 173 Å². The van der Waals surface area contributed by atoms with Gasteiger partial charge in [0.15, 0.2) is 0 Å². The van der Waals surface area contributed by atoms with Crippen molar-refractivity contribution >= 4 is 10.0 Å². The van der Waals surface area contributed by atoms with Crippen LogP contribution in [0, 0.1) is 6.92 Å². The van der Waals surface area contributed by atoms with Crippen molar-refractivity contribution in [1.82, 2.24) is 9.29 Å². The number of sulfonamides is 1. The van der Waals surface area contributed by atoms with Crippen molar-refractivity contribution in [2.75, 3.05) is 19.0 Å². The van der Waals surface area contributed by atoms with Crippen LogP contribution in [0.1, 0.15) is 63.3 Å². The Hall–Kier alpha value is -1.22. The van der Waals surface area contributed by atoms with Gasteiger partial charge in [0.25, 0.3) is 5.56 Å². The third-order valence-electron chi connectivity index (χ3n) is 6.14. The minimum Gasteiger partial charge on any atom is -0.379 e. The highest BCUT2D eigenvalue weighted by atomic mass is 32.2. The Morgan fingerprint density at radius 3 is 2.34 bits per heavy atom. The summed E-state index contributed by atoms with van der Waals surface area (Å²) in [6, 6.07) is 3.14. The van der Waals surface area contributed by atoms with E-state index in [1.807, 2.05) is 19.1 Å². The smallest absolute Gasteiger partial charge is 0.254 e. The standard InChI is InChI=1S/C21H34N2O5S/c1-4-27-17-9-11-18(12-10-17)28-14-20-19(22-29(25,26)5-2)13-8-16-7-6-15(3)21(24)23(16)20/h6-7,17-20,22H,4-5,8-14H2,1-3H3/t17?,18?,19-,20-/m0/s1. The van der Waals surface area contributed by atoms with Gasteiger partial charge in [-0.25, -0.2) is 13.1 Å². The van der Waals surface area contributed by atoms with Crippen molar-refractivity contribution < 1.29 is 17.9 Å². The second-order valence-electron chi connectivity index (χ2n) is 8.10. The lowest BCUT2D eigenvalue weighted by molar-refractivity contribution is -0.0398. The van der Waals surface area contributed by atoms with E-state index in [4.69, 9.17) is 9.47 Å². The van der Waals surface area contributed by atoms with E-state index in [0.29, 0.717) is 31.1 Å². The summed E-state index contributed by atoms with van der Waals surface area (Å²) in [5, 5.41) is 0. The quantitative estimate of drug-likeness (QED) is 0.689. The molecule has 0 bridgehead atoms. The number of nitrogens with one attached hydrogen (secondary N) is 1. The van der Waals surface area contributed by atoms with Crippen LogP contribution >= 0.6 is 0 Å². The topological polar surface area (TPSA) is 86.6 Å². The Balaban J connectivity index is 1.76. The van der Waals surface area contributed by atoms with Crippen LogP contribution in [0.15, 0.2) is 16.9 Å². The molecule has 1 aliphatic carbocycles. The fourth-order valence-electron chi connectivity index (χ4n) is 4.41. The van der Waals surface area contributed by atoms with Crippen LogP contribution in [-0.4, -0.2) is 50.2 Å². The van der Waals surface area contributed by atoms with Crippen molar-refractivity contribution in [2.45, 2.75) is 83.6 Å². The molecule has 1 saturated carbocycles. The number of nitrogens with zero attached hydrogens (tertiary/aromatic N) is 1. The first-order chi connectivity index (χ1) is 13.8. The minimum atomic E-state index is -3.37. The van der Waals surface area contributed by atoms with Crippen molar-refractivity contribution in [3.8, 4) is 0 Å². The number of fused-ring (bicyclic) bond motifs is 1. The van der Waals surface area contributed by atoms with Crippen LogP contribution in [0.4, 0.5) is 0 Å². The highest BCUT2D eigenvalue weighted by Gasteiger charge is 2.34. The SMILES string of the molecule is CCOC1CCC(OC[C@H]2[C@@H](NS(=O)(=O)CC)CCc3ccc(C)c(=O)n32)CC1. The number of hydrogen-bond acceptors (Lipinski definition) is 5. The lowest BCUT2D eigenvalue weighted by Gasteiger charge is -2.37.